The van der Waals surface area contributed by atoms with E-state index in [4.69, 9.17) is 14.2 Å². The van der Waals surface area contributed by atoms with Gasteiger partial charge in [-0.25, -0.2) is 0 Å². The molecule has 0 saturated heterocycles. The zero-order valence-electron chi connectivity index (χ0n) is 17.1. The Bertz CT molecular complexity index is 795. The van der Waals surface area contributed by atoms with Crippen molar-refractivity contribution in [2.24, 2.45) is 0 Å². The van der Waals surface area contributed by atoms with Crippen molar-refractivity contribution < 1.29 is 23.8 Å². The summed E-state index contributed by atoms with van der Waals surface area (Å²) in [6.45, 7) is 6.45. The second-order valence-electron chi connectivity index (χ2n) is 6.24. The summed E-state index contributed by atoms with van der Waals surface area (Å²) in [5, 5.41) is 5.40. The Kier molecular flexibility index (Phi) is 8.82. The summed E-state index contributed by atoms with van der Waals surface area (Å²) in [5.41, 5.74) is 0.879. The zero-order chi connectivity index (χ0) is 21.1. The number of hydrogen-bond donors (Lipinski definition) is 2. The van der Waals surface area contributed by atoms with E-state index in [0.29, 0.717) is 30.5 Å². The molecule has 0 saturated carbocycles. The maximum atomic E-state index is 12.2. The molecule has 2 N–H and O–H groups in total. The average Bonchev–Trinajstić information content (AvgIpc) is 2.73. The molecule has 2 rings (SSSR count). The SMILES string of the molecule is CCOc1ccc(C(C)NC(=O)CNC(=O)COc2ccccc2)cc1OCC. The van der Waals surface area contributed by atoms with Gasteiger partial charge in [0.15, 0.2) is 18.1 Å². The number of carbonyl (C=O) groups is 2. The number of hydrogen-bond acceptors (Lipinski definition) is 5. The van der Waals surface area contributed by atoms with Gasteiger partial charge >= 0.3 is 0 Å². The molecule has 7 heteroatoms. The Labute approximate surface area is 171 Å². The van der Waals surface area contributed by atoms with Crippen molar-refractivity contribution in [1.82, 2.24) is 10.6 Å². The third-order valence-corrected chi connectivity index (χ3v) is 4.00. The Morgan fingerprint density at radius 3 is 2.28 bits per heavy atom. The second kappa shape index (κ2) is 11.6. The summed E-state index contributed by atoms with van der Waals surface area (Å²) >= 11 is 0. The summed E-state index contributed by atoms with van der Waals surface area (Å²) in [5.74, 6) is 1.25. The van der Waals surface area contributed by atoms with Crippen LogP contribution in [-0.4, -0.2) is 38.2 Å². The maximum Gasteiger partial charge on any atom is 0.258 e. The highest BCUT2D eigenvalue weighted by atomic mass is 16.5. The molecular formula is C22H28N2O5. The van der Waals surface area contributed by atoms with E-state index >= 15 is 0 Å². The number of benzene rings is 2. The number of rotatable bonds is 11. The van der Waals surface area contributed by atoms with E-state index in [9.17, 15) is 9.59 Å². The molecule has 2 aromatic carbocycles. The van der Waals surface area contributed by atoms with Crippen LogP contribution >= 0.6 is 0 Å². The van der Waals surface area contributed by atoms with Crippen molar-refractivity contribution >= 4 is 11.8 Å². The molecule has 0 spiro atoms. The summed E-state index contributed by atoms with van der Waals surface area (Å²) in [7, 11) is 0. The second-order valence-corrected chi connectivity index (χ2v) is 6.24. The summed E-state index contributed by atoms with van der Waals surface area (Å²) < 4.78 is 16.5. The van der Waals surface area contributed by atoms with Crippen LogP contribution < -0.4 is 24.8 Å². The molecule has 0 aromatic heterocycles. The van der Waals surface area contributed by atoms with Gasteiger partial charge in [0.25, 0.3) is 5.91 Å². The molecule has 0 heterocycles. The number of para-hydroxylation sites is 1. The molecule has 0 aliphatic rings. The van der Waals surface area contributed by atoms with Gasteiger partial charge in [-0.1, -0.05) is 24.3 Å². The molecule has 29 heavy (non-hydrogen) atoms. The van der Waals surface area contributed by atoms with Crippen LogP contribution in [0.3, 0.4) is 0 Å². The molecule has 2 aromatic rings. The first-order chi connectivity index (χ1) is 14.0. The minimum Gasteiger partial charge on any atom is -0.490 e. The Morgan fingerprint density at radius 2 is 1.59 bits per heavy atom. The van der Waals surface area contributed by atoms with E-state index in [0.717, 1.165) is 5.56 Å². The van der Waals surface area contributed by atoms with E-state index in [-0.39, 0.29) is 31.0 Å². The smallest absolute Gasteiger partial charge is 0.258 e. The molecule has 0 radical (unpaired) electrons. The maximum absolute atomic E-state index is 12.2. The van der Waals surface area contributed by atoms with Gasteiger partial charge in [0.2, 0.25) is 5.91 Å². The first-order valence-corrected chi connectivity index (χ1v) is 9.66. The van der Waals surface area contributed by atoms with Crippen molar-refractivity contribution in [2.75, 3.05) is 26.4 Å². The molecule has 1 unspecified atom stereocenters. The molecule has 7 nitrogen and oxygen atoms in total. The zero-order valence-corrected chi connectivity index (χ0v) is 17.1. The Hall–Kier alpha value is -3.22. The number of amides is 2. The molecule has 0 aliphatic carbocycles. The molecule has 0 fully saturated rings. The molecular weight excluding hydrogens is 372 g/mol. The van der Waals surface area contributed by atoms with Gasteiger partial charge < -0.3 is 24.8 Å². The normalized spacial score (nSPS) is 11.3. The number of carbonyl (C=O) groups excluding carboxylic acids is 2. The molecule has 0 aliphatic heterocycles. The highest BCUT2D eigenvalue weighted by Crippen LogP contribution is 2.30. The van der Waals surface area contributed by atoms with Crippen LogP contribution in [-0.2, 0) is 9.59 Å². The molecule has 156 valence electrons. The predicted molar refractivity (Wildman–Crippen MR) is 110 cm³/mol. The van der Waals surface area contributed by atoms with Crippen molar-refractivity contribution in [2.45, 2.75) is 26.8 Å². The van der Waals surface area contributed by atoms with Crippen LogP contribution in [0.4, 0.5) is 0 Å². The fourth-order valence-electron chi connectivity index (χ4n) is 2.61. The summed E-state index contributed by atoms with van der Waals surface area (Å²) in [6, 6.07) is 14.3. The third kappa shape index (κ3) is 7.37. The van der Waals surface area contributed by atoms with Gasteiger partial charge in [-0.3, -0.25) is 9.59 Å². The fourth-order valence-corrected chi connectivity index (χ4v) is 2.61. The first-order valence-electron chi connectivity index (χ1n) is 9.66. The lowest BCUT2D eigenvalue weighted by atomic mass is 10.1. The lowest BCUT2D eigenvalue weighted by Crippen LogP contribution is -2.39. The minimum absolute atomic E-state index is 0.128. The summed E-state index contributed by atoms with van der Waals surface area (Å²) in [6.07, 6.45) is 0. The van der Waals surface area contributed by atoms with Gasteiger partial charge in [0.05, 0.1) is 25.8 Å². The number of ether oxygens (including phenoxy) is 3. The predicted octanol–water partition coefficient (Wildman–Crippen LogP) is 2.86. The number of nitrogens with one attached hydrogen (secondary N) is 2. The van der Waals surface area contributed by atoms with Crippen molar-refractivity contribution in [3.05, 3.63) is 54.1 Å². The van der Waals surface area contributed by atoms with E-state index in [2.05, 4.69) is 10.6 Å². The minimum atomic E-state index is -0.364. The van der Waals surface area contributed by atoms with E-state index in [1.165, 1.54) is 0 Å². The monoisotopic (exact) mass is 400 g/mol. The van der Waals surface area contributed by atoms with E-state index in [1.807, 2.05) is 57.2 Å². The third-order valence-electron chi connectivity index (χ3n) is 4.00. The van der Waals surface area contributed by atoms with Crippen LogP contribution in [0, 0.1) is 0 Å². The van der Waals surface area contributed by atoms with Gasteiger partial charge in [0, 0.05) is 0 Å². The van der Waals surface area contributed by atoms with Crippen molar-refractivity contribution in [1.29, 1.82) is 0 Å². The van der Waals surface area contributed by atoms with E-state index in [1.54, 1.807) is 12.1 Å². The van der Waals surface area contributed by atoms with Crippen LogP contribution in [0.2, 0.25) is 0 Å². The topological polar surface area (TPSA) is 85.9 Å². The quantitative estimate of drug-likeness (QED) is 0.606. The molecule has 1 atom stereocenters. The van der Waals surface area contributed by atoms with Gasteiger partial charge in [-0.2, -0.15) is 0 Å². The van der Waals surface area contributed by atoms with Crippen LogP contribution in [0.5, 0.6) is 17.2 Å². The Balaban J connectivity index is 1.82. The molecule has 2 amide bonds. The highest BCUT2D eigenvalue weighted by molar-refractivity contribution is 5.85. The highest BCUT2D eigenvalue weighted by Gasteiger charge is 2.14. The lowest BCUT2D eigenvalue weighted by Gasteiger charge is -2.17. The summed E-state index contributed by atoms with van der Waals surface area (Å²) in [4.78, 5) is 24.0. The van der Waals surface area contributed by atoms with Crippen LogP contribution in [0.25, 0.3) is 0 Å². The van der Waals surface area contributed by atoms with Crippen molar-refractivity contribution in [3.8, 4) is 17.2 Å². The lowest BCUT2D eigenvalue weighted by molar-refractivity contribution is -0.127. The van der Waals surface area contributed by atoms with Gasteiger partial charge in [0.1, 0.15) is 5.75 Å². The first kappa shape index (κ1) is 22.1. The van der Waals surface area contributed by atoms with Crippen molar-refractivity contribution in [3.63, 3.8) is 0 Å². The average molecular weight is 400 g/mol. The fraction of sp³-hybridized carbons (Fsp3) is 0.364. The van der Waals surface area contributed by atoms with E-state index < -0.39 is 0 Å². The largest absolute Gasteiger partial charge is 0.490 e. The standard InChI is InChI=1S/C22H28N2O5/c1-4-27-19-12-11-17(13-20(19)28-5-2)16(3)24-21(25)14-23-22(26)15-29-18-9-7-6-8-10-18/h6-13,16H,4-5,14-15H2,1-3H3,(H,23,26)(H,24,25). The van der Waals surface area contributed by atoms with Gasteiger partial charge in [-0.15, -0.1) is 0 Å². The van der Waals surface area contributed by atoms with Crippen LogP contribution in [0.1, 0.15) is 32.4 Å². The Morgan fingerprint density at radius 1 is 0.897 bits per heavy atom. The van der Waals surface area contributed by atoms with Gasteiger partial charge in [-0.05, 0) is 50.6 Å². The van der Waals surface area contributed by atoms with Crippen LogP contribution in [0.15, 0.2) is 48.5 Å². The molecule has 0 bridgehead atoms.